The minimum Gasteiger partial charge on any atom is -0.481 e. The van der Waals surface area contributed by atoms with E-state index in [0.717, 1.165) is 0 Å². The first-order valence-electron chi connectivity index (χ1n) is 10.7. The highest BCUT2D eigenvalue weighted by molar-refractivity contribution is 5.94. The van der Waals surface area contributed by atoms with Crippen molar-refractivity contribution in [3.05, 3.63) is 0 Å². The van der Waals surface area contributed by atoms with Gasteiger partial charge in [0.25, 0.3) is 0 Å². The largest absolute Gasteiger partial charge is 0.481 e. The lowest BCUT2D eigenvalue weighted by Gasteiger charge is -2.26. The van der Waals surface area contributed by atoms with Gasteiger partial charge in [-0.05, 0) is 32.1 Å². The lowest BCUT2D eigenvalue weighted by atomic mass is 10.0. The van der Waals surface area contributed by atoms with Crippen LogP contribution in [0.25, 0.3) is 0 Å². The van der Waals surface area contributed by atoms with E-state index in [4.69, 9.17) is 16.6 Å². The number of aliphatic carboxylic acids is 2. The number of carboxylic acid groups (broad SMARTS) is 2. The van der Waals surface area contributed by atoms with Gasteiger partial charge in [-0.3, -0.25) is 24.0 Å². The molecule has 0 aromatic rings. The molecule has 0 saturated carbocycles. The Labute approximate surface area is 196 Å². The first kappa shape index (κ1) is 30.7. The normalized spacial score (nSPS) is 15.4. The zero-order valence-electron chi connectivity index (χ0n) is 19.4. The fraction of sp³-hybridized carbons (Fsp3) is 0.700. The number of primary amides is 1. The molecule has 0 heterocycles. The average Bonchev–Trinajstić information content (AvgIpc) is 2.70. The van der Waals surface area contributed by atoms with Crippen LogP contribution >= 0.6 is 0 Å². The molecule has 34 heavy (non-hydrogen) atoms. The van der Waals surface area contributed by atoms with Crippen LogP contribution in [0.3, 0.4) is 0 Å². The highest BCUT2D eigenvalue weighted by Gasteiger charge is 2.32. The summed E-state index contributed by atoms with van der Waals surface area (Å²) in [5.74, 6) is -6.20. The van der Waals surface area contributed by atoms with Crippen molar-refractivity contribution in [3.63, 3.8) is 0 Å². The van der Waals surface area contributed by atoms with Gasteiger partial charge in [-0.25, -0.2) is 4.79 Å². The molecule has 0 aliphatic heterocycles. The summed E-state index contributed by atoms with van der Waals surface area (Å²) in [6.07, 6.45) is -2.72. The maximum atomic E-state index is 12.7. The molecule has 0 aromatic heterocycles. The molecule has 0 fully saturated rings. The van der Waals surface area contributed by atoms with Crippen LogP contribution in [0.15, 0.2) is 0 Å². The molecular formula is C20H35N5O9. The maximum absolute atomic E-state index is 12.7. The smallest absolute Gasteiger partial charge is 0.326 e. The Morgan fingerprint density at radius 2 is 1.32 bits per heavy atom. The van der Waals surface area contributed by atoms with Crippen molar-refractivity contribution in [2.45, 2.75) is 83.1 Å². The molecule has 0 aliphatic carbocycles. The van der Waals surface area contributed by atoms with Crippen molar-refractivity contribution in [2.75, 3.05) is 0 Å². The van der Waals surface area contributed by atoms with Gasteiger partial charge < -0.3 is 42.7 Å². The van der Waals surface area contributed by atoms with Gasteiger partial charge >= 0.3 is 11.9 Å². The molecule has 14 heteroatoms. The molecular weight excluding hydrogens is 454 g/mol. The Hall–Kier alpha value is -3.26. The molecule has 194 valence electrons. The number of aliphatic hydroxyl groups is 1. The lowest BCUT2D eigenvalue weighted by molar-refractivity contribution is -0.143. The van der Waals surface area contributed by atoms with Gasteiger partial charge in [0.1, 0.15) is 18.1 Å². The number of nitrogens with two attached hydrogens (primary N) is 2. The molecule has 0 aliphatic rings. The zero-order valence-corrected chi connectivity index (χ0v) is 19.4. The minimum atomic E-state index is -1.52. The van der Waals surface area contributed by atoms with Crippen LogP contribution in [-0.2, 0) is 28.8 Å². The maximum Gasteiger partial charge on any atom is 0.326 e. The Morgan fingerprint density at radius 1 is 0.794 bits per heavy atom. The number of carbonyl (C=O) groups excluding carboxylic acids is 4. The van der Waals surface area contributed by atoms with Crippen molar-refractivity contribution in [1.29, 1.82) is 0 Å². The lowest BCUT2D eigenvalue weighted by Crippen LogP contribution is -2.59. The molecule has 0 saturated heterocycles. The summed E-state index contributed by atoms with van der Waals surface area (Å²) in [7, 11) is 0. The van der Waals surface area contributed by atoms with Gasteiger partial charge in [0.15, 0.2) is 0 Å². The van der Waals surface area contributed by atoms with E-state index < -0.39 is 78.7 Å². The van der Waals surface area contributed by atoms with Crippen molar-refractivity contribution in [2.24, 2.45) is 17.4 Å². The minimum absolute atomic E-state index is 0.0837. The topological polar surface area (TPSA) is 251 Å². The van der Waals surface area contributed by atoms with Crippen LogP contribution in [0.1, 0.15) is 52.9 Å². The number of carboxylic acids is 2. The van der Waals surface area contributed by atoms with E-state index in [2.05, 4.69) is 16.0 Å². The van der Waals surface area contributed by atoms with Gasteiger partial charge in [-0.1, -0.05) is 13.8 Å². The van der Waals surface area contributed by atoms with E-state index in [0.29, 0.717) is 6.42 Å². The number of carbonyl (C=O) groups is 6. The van der Waals surface area contributed by atoms with Gasteiger partial charge in [-0.15, -0.1) is 0 Å². The van der Waals surface area contributed by atoms with Crippen LogP contribution < -0.4 is 27.4 Å². The Morgan fingerprint density at radius 3 is 1.76 bits per heavy atom. The van der Waals surface area contributed by atoms with Gasteiger partial charge in [0, 0.05) is 12.8 Å². The number of rotatable bonds is 16. The van der Waals surface area contributed by atoms with E-state index in [1.165, 1.54) is 6.92 Å². The Balaban J connectivity index is 5.51. The Kier molecular flexibility index (Phi) is 13.4. The molecule has 5 unspecified atom stereocenters. The van der Waals surface area contributed by atoms with Crippen LogP contribution in [0.4, 0.5) is 0 Å². The summed E-state index contributed by atoms with van der Waals surface area (Å²) in [6.45, 7) is 4.89. The average molecular weight is 490 g/mol. The fourth-order valence-electron chi connectivity index (χ4n) is 2.89. The third kappa shape index (κ3) is 12.1. The molecule has 0 radical (unpaired) electrons. The van der Waals surface area contributed by atoms with Crippen molar-refractivity contribution < 1.29 is 44.1 Å². The monoisotopic (exact) mass is 489 g/mol. The molecule has 5 atom stereocenters. The predicted molar refractivity (Wildman–Crippen MR) is 118 cm³/mol. The number of amides is 4. The van der Waals surface area contributed by atoms with E-state index in [9.17, 15) is 39.0 Å². The van der Waals surface area contributed by atoms with E-state index in [1.807, 2.05) is 13.8 Å². The van der Waals surface area contributed by atoms with Gasteiger partial charge in [0.2, 0.25) is 23.6 Å². The van der Waals surface area contributed by atoms with E-state index in [1.54, 1.807) is 0 Å². The van der Waals surface area contributed by atoms with Crippen LogP contribution in [0, 0.1) is 5.92 Å². The fourth-order valence-corrected chi connectivity index (χ4v) is 2.89. The summed E-state index contributed by atoms with van der Waals surface area (Å²) in [4.78, 5) is 70.9. The summed E-state index contributed by atoms with van der Waals surface area (Å²) in [5.41, 5.74) is 10.8. The summed E-state index contributed by atoms with van der Waals surface area (Å²) < 4.78 is 0. The highest BCUT2D eigenvalue weighted by atomic mass is 16.4. The number of aliphatic hydroxyl groups excluding tert-OH is 1. The molecule has 0 bridgehead atoms. The van der Waals surface area contributed by atoms with Crippen molar-refractivity contribution in [3.8, 4) is 0 Å². The first-order chi connectivity index (χ1) is 15.6. The third-order valence-corrected chi connectivity index (χ3v) is 4.70. The van der Waals surface area contributed by atoms with Crippen LogP contribution in [0.2, 0.25) is 0 Å². The second-order valence-corrected chi connectivity index (χ2v) is 8.36. The molecule has 0 rings (SSSR count). The van der Waals surface area contributed by atoms with Crippen LogP contribution in [0.5, 0.6) is 0 Å². The van der Waals surface area contributed by atoms with Gasteiger partial charge in [-0.2, -0.15) is 0 Å². The van der Waals surface area contributed by atoms with Crippen molar-refractivity contribution in [1.82, 2.24) is 16.0 Å². The quantitative estimate of drug-likeness (QED) is 0.112. The Bertz CT molecular complexity index is 757. The summed E-state index contributed by atoms with van der Waals surface area (Å²) >= 11 is 0. The molecule has 4 amide bonds. The number of hydrogen-bond acceptors (Lipinski definition) is 8. The molecule has 14 nitrogen and oxygen atoms in total. The standard InChI is InChI=1S/C20H35N5O9/c1-9(2)8-11(21)17(30)25-16(10(3)26)19(32)23-12(5-7-15(28)29)18(31)24-13(20(33)34)4-6-14(22)27/h9-13,16,26H,4-8,21H2,1-3H3,(H2,22,27)(H,23,32)(H,24,31)(H,25,30)(H,28,29)(H,33,34). The number of hydrogen-bond donors (Lipinski definition) is 8. The second kappa shape index (κ2) is 14.8. The molecule has 0 spiro atoms. The first-order valence-corrected chi connectivity index (χ1v) is 10.7. The van der Waals surface area contributed by atoms with Crippen LogP contribution in [-0.4, -0.2) is 81.2 Å². The summed E-state index contributed by atoms with van der Waals surface area (Å²) in [6, 6.07) is -5.51. The zero-order chi connectivity index (χ0) is 26.6. The predicted octanol–water partition coefficient (Wildman–Crippen LogP) is -2.59. The molecule has 10 N–H and O–H groups in total. The highest BCUT2D eigenvalue weighted by Crippen LogP contribution is 2.06. The van der Waals surface area contributed by atoms with Gasteiger partial charge in [0.05, 0.1) is 12.1 Å². The van der Waals surface area contributed by atoms with E-state index in [-0.39, 0.29) is 18.8 Å². The second-order valence-electron chi connectivity index (χ2n) is 8.36. The van der Waals surface area contributed by atoms with Crippen molar-refractivity contribution >= 4 is 35.6 Å². The summed E-state index contributed by atoms with van der Waals surface area (Å²) in [5, 5.41) is 34.8. The SMILES string of the molecule is CC(C)CC(N)C(=O)NC(C(=O)NC(CCC(=O)O)C(=O)NC(CCC(N)=O)C(=O)O)C(C)O. The van der Waals surface area contributed by atoms with E-state index >= 15 is 0 Å². The molecule has 0 aromatic carbocycles. The third-order valence-electron chi connectivity index (χ3n) is 4.70. The number of nitrogens with one attached hydrogen (secondary N) is 3.